The van der Waals surface area contributed by atoms with Crippen molar-refractivity contribution < 1.29 is 9.47 Å². The molecule has 0 atom stereocenters. The molecule has 0 N–H and O–H groups in total. The highest BCUT2D eigenvalue weighted by Crippen LogP contribution is 2.17. The van der Waals surface area contributed by atoms with Crippen LogP contribution in [0.2, 0.25) is 0 Å². The van der Waals surface area contributed by atoms with Gasteiger partial charge in [-0.3, -0.25) is 4.79 Å². The van der Waals surface area contributed by atoms with Crippen molar-refractivity contribution in [3.05, 3.63) is 58.0 Å². The SMILES string of the molecule is CCCCCCCCCCCCCCCCCCOc1cn(Cc2ccc(OC)cc2)c(CBr)cc1=O. The fourth-order valence-corrected chi connectivity index (χ4v) is 5.21. The summed E-state index contributed by atoms with van der Waals surface area (Å²) in [7, 11) is 1.67. The van der Waals surface area contributed by atoms with Gasteiger partial charge in [0.15, 0.2) is 5.75 Å². The number of hydrogen-bond donors (Lipinski definition) is 0. The molecule has 0 aliphatic carbocycles. The Hall–Kier alpha value is -1.75. The lowest BCUT2D eigenvalue weighted by atomic mass is 10.0. The Morgan fingerprint density at radius 2 is 1.27 bits per heavy atom. The standard InChI is InChI=1S/C32H50BrNO3/c1-3-4-5-6-7-8-9-10-11-12-13-14-15-16-17-18-23-37-32-27-34(29(25-33)24-31(32)35)26-28-19-21-30(36-2)22-20-28/h19-22,24,27H,3-18,23,25-26H2,1-2H3. The summed E-state index contributed by atoms with van der Waals surface area (Å²) in [5.74, 6) is 1.28. The second-order valence-corrected chi connectivity index (χ2v) is 10.8. The number of alkyl halides is 1. The first-order valence-corrected chi connectivity index (χ1v) is 15.8. The summed E-state index contributed by atoms with van der Waals surface area (Å²) in [5.41, 5.74) is 2.04. The lowest BCUT2D eigenvalue weighted by Crippen LogP contribution is -2.16. The molecular weight excluding hydrogens is 526 g/mol. The van der Waals surface area contributed by atoms with Gasteiger partial charge in [-0.25, -0.2) is 0 Å². The average Bonchev–Trinajstić information content (AvgIpc) is 2.92. The van der Waals surface area contributed by atoms with E-state index in [0.29, 0.717) is 24.2 Å². The summed E-state index contributed by atoms with van der Waals surface area (Å²) in [5, 5.41) is 0.623. The normalized spacial score (nSPS) is 11.1. The molecule has 0 aliphatic rings. The molecule has 2 aromatic rings. The lowest BCUT2D eigenvalue weighted by Gasteiger charge is -2.15. The summed E-state index contributed by atoms with van der Waals surface area (Å²) in [6.07, 6.45) is 23.4. The first-order chi connectivity index (χ1) is 18.2. The minimum Gasteiger partial charge on any atom is -0.497 e. The third-order valence-electron chi connectivity index (χ3n) is 7.09. The van der Waals surface area contributed by atoms with E-state index in [1.165, 1.54) is 89.9 Å². The van der Waals surface area contributed by atoms with Crippen LogP contribution in [0.1, 0.15) is 121 Å². The van der Waals surface area contributed by atoms with Gasteiger partial charge in [0.05, 0.1) is 19.9 Å². The monoisotopic (exact) mass is 575 g/mol. The van der Waals surface area contributed by atoms with E-state index in [1.54, 1.807) is 13.2 Å². The van der Waals surface area contributed by atoms with E-state index in [-0.39, 0.29) is 5.43 Å². The predicted molar refractivity (Wildman–Crippen MR) is 160 cm³/mol. The average molecular weight is 577 g/mol. The minimum absolute atomic E-state index is 0.0445. The van der Waals surface area contributed by atoms with Gasteiger partial charge in [0.25, 0.3) is 0 Å². The molecule has 0 saturated heterocycles. The minimum atomic E-state index is -0.0445. The fraction of sp³-hybridized carbons (Fsp3) is 0.656. The molecule has 0 radical (unpaired) electrons. The molecule has 4 nitrogen and oxygen atoms in total. The number of benzene rings is 1. The van der Waals surface area contributed by atoms with Crippen LogP contribution in [0.3, 0.4) is 0 Å². The topological polar surface area (TPSA) is 40.5 Å². The largest absolute Gasteiger partial charge is 0.497 e. The maximum Gasteiger partial charge on any atom is 0.223 e. The molecule has 1 aromatic heterocycles. The Labute approximate surface area is 234 Å². The molecule has 0 saturated carbocycles. The zero-order valence-electron chi connectivity index (χ0n) is 23.4. The number of ether oxygens (including phenoxy) is 2. The van der Waals surface area contributed by atoms with Gasteiger partial charge in [-0.15, -0.1) is 0 Å². The molecule has 0 aliphatic heterocycles. The number of hydrogen-bond acceptors (Lipinski definition) is 3. The molecule has 37 heavy (non-hydrogen) atoms. The number of pyridine rings is 1. The Morgan fingerprint density at radius 3 is 1.76 bits per heavy atom. The second-order valence-electron chi connectivity index (χ2n) is 10.3. The molecule has 208 valence electrons. The molecule has 0 bridgehead atoms. The number of methoxy groups -OCH3 is 1. The van der Waals surface area contributed by atoms with Gasteiger partial charge in [0.2, 0.25) is 5.43 Å². The lowest BCUT2D eigenvalue weighted by molar-refractivity contribution is 0.298. The van der Waals surface area contributed by atoms with E-state index < -0.39 is 0 Å². The maximum absolute atomic E-state index is 12.5. The van der Waals surface area contributed by atoms with Crippen molar-refractivity contribution in [2.24, 2.45) is 0 Å². The van der Waals surface area contributed by atoms with Crippen molar-refractivity contribution >= 4 is 15.9 Å². The molecule has 0 fully saturated rings. The number of unbranched alkanes of at least 4 members (excludes halogenated alkanes) is 15. The van der Waals surface area contributed by atoms with E-state index >= 15 is 0 Å². The number of rotatable bonds is 22. The third-order valence-corrected chi connectivity index (χ3v) is 7.66. The van der Waals surface area contributed by atoms with Gasteiger partial charge in [-0.2, -0.15) is 0 Å². The van der Waals surface area contributed by atoms with E-state index in [1.807, 2.05) is 30.5 Å². The second kappa shape index (κ2) is 20.2. The molecular formula is C32H50BrNO3. The number of aromatic nitrogens is 1. The summed E-state index contributed by atoms with van der Waals surface area (Å²) >= 11 is 3.51. The van der Waals surface area contributed by atoms with Crippen molar-refractivity contribution in [3.8, 4) is 11.5 Å². The van der Waals surface area contributed by atoms with Crippen molar-refractivity contribution in [2.45, 2.75) is 122 Å². The molecule has 2 rings (SSSR count). The van der Waals surface area contributed by atoms with E-state index in [0.717, 1.165) is 29.8 Å². The number of nitrogens with zero attached hydrogens (tertiary/aromatic N) is 1. The van der Waals surface area contributed by atoms with Gasteiger partial charge >= 0.3 is 0 Å². The Bertz CT molecular complexity index is 894. The van der Waals surface area contributed by atoms with Crippen LogP contribution in [0.4, 0.5) is 0 Å². The van der Waals surface area contributed by atoms with Gasteiger partial charge in [-0.05, 0) is 24.1 Å². The first-order valence-electron chi connectivity index (χ1n) is 14.7. The summed E-state index contributed by atoms with van der Waals surface area (Å²) in [4.78, 5) is 12.5. The molecule has 1 aromatic carbocycles. The Morgan fingerprint density at radius 1 is 0.757 bits per heavy atom. The van der Waals surface area contributed by atoms with Gasteiger partial charge in [0.1, 0.15) is 5.75 Å². The van der Waals surface area contributed by atoms with Crippen LogP contribution in [0.15, 0.2) is 41.3 Å². The zero-order chi connectivity index (χ0) is 26.6. The van der Waals surface area contributed by atoms with Gasteiger partial charge in [-0.1, -0.05) is 131 Å². The van der Waals surface area contributed by atoms with Crippen LogP contribution in [-0.2, 0) is 11.9 Å². The maximum atomic E-state index is 12.5. The highest BCUT2D eigenvalue weighted by Gasteiger charge is 2.08. The van der Waals surface area contributed by atoms with Crippen LogP contribution in [-0.4, -0.2) is 18.3 Å². The first kappa shape index (κ1) is 31.5. The molecule has 0 spiro atoms. The third kappa shape index (κ3) is 13.6. The van der Waals surface area contributed by atoms with Gasteiger partial charge < -0.3 is 14.0 Å². The van der Waals surface area contributed by atoms with Crippen molar-refractivity contribution in [2.75, 3.05) is 13.7 Å². The summed E-state index contributed by atoms with van der Waals surface area (Å²) < 4.78 is 13.2. The zero-order valence-corrected chi connectivity index (χ0v) is 25.0. The van der Waals surface area contributed by atoms with E-state index in [9.17, 15) is 4.79 Å². The van der Waals surface area contributed by atoms with E-state index in [2.05, 4.69) is 27.4 Å². The van der Waals surface area contributed by atoms with Crippen LogP contribution < -0.4 is 14.9 Å². The fourth-order valence-electron chi connectivity index (χ4n) is 4.72. The van der Waals surface area contributed by atoms with Crippen molar-refractivity contribution in [1.82, 2.24) is 4.57 Å². The Balaban J connectivity index is 1.56. The van der Waals surface area contributed by atoms with E-state index in [4.69, 9.17) is 9.47 Å². The highest BCUT2D eigenvalue weighted by molar-refractivity contribution is 9.08. The summed E-state index contributed by atoms with van der Waals surface area (Å²) in [6.45, 7) is 3.57. The molecule has 5 heteroatoms. The summed E-state index contributed by atoms with van der Waals surface area (Å²) in [6, 6.07) is 9.69. The highest BCUT2D eigenvalue weighted by atomic mass is 79.9. The molecule has 0 amide bonds. The van der Waals surface area contributed by atoms with Crippen LogP contribution in [0.5, 0.6) is 11.5 Å². The smallest absolute Gasteiger partial charge is 0.223 e. The van der Waals surface area contributed by atoms with Crippen molar-refractivity contribution in [3.63, 3.8) is 0 Å². The molecule has 0 unspecified atom stereocenters. The Kier molecular flexibility index (Phi) is 17.2. The van der Waals surface area contributed by atoms with Crippen molar-refractivity contribution in [1.29, 1.82) is 0 Å². The quantitative estimate of drug-likeness (QED) is 0.104. The van der Waals surface area contributed by atoms with Crippen LogP contribution >= 0.6 is 15.9 Å². The molecule has 1 heterocycles. The predicted octanol–water partition coefficient (Wildman–Crippen LogP) is 9.44. The van der Waals surface area contributed by atoms with Crippen LogP contribution in [0, 0.1) is 0 Å². The number of halogens is 1. The van der Waals surface area contributed by atoms with Crippen LogP contribution in [0.25, 0.3) is 0 Å². The van der Waals surface area contributed by atoms with Gasteiger partial charge in [0, 0.05) is 23.6 Å².